The molecule has 9 heteroatoms. The number of aliphatic hydroxyl groups is 1. The fourth-order valence-electron chi connectivity index (χ4n) is 5.21. The van der Waals surface area contributed by atoms with Gasteiger partial charge in [-0.3, -0.25) is 9.59 Å². The number of carbonyl (C=O) groups is 2. The van der Waals surface area contributed by atoms with Gasteiger partial charge in [-0.2, -0.15) is 0 Å². The molecule has 2 aromatic rings. The third-order valence-corrected chi connectivity index (χ3v) is 7.29. The van der Waals surface area contributed by atoms with Gasteiger partial charge in [-0.15, -0.1) is 0 Å². The standard InChI is InChI=1S/C31H40N2O7/c1-5-39-26-18-22(7-9-24(26)34)28-27(29(35)23-8-10-25(21(4)17-23)40-19-20(2)3)30(36)31(37)33(28)12-6-11-32-13-15-38-16-14-32/h7-10,17-18,20,28,34-35H,5-6,11-16,19H2,1-4H3/p+1/t28-/m0/s1. The minimum Gasteiger partial charge on any atom is -0.507 e. The highest BCUT2D eigenvalue weighted by Gasteiger charge is 2.46. The molecule has 0 radical (unpaired) electrons. The van der Waals surface area contributed by atoms with Crippen molar-refractivity contribution >= 4 is 17.4 Å². The first-order chi connectivity index (χ1) is 19.2. The number of aromatic hydroxyl groups is 1. The van der Waals surface area contributed by atoms with Crippen LogP contribution < -0.4 is 14.4 Å². The number of quaternary nitrogens is 1. The second kappa shape index (κ2) is 13.2. The first-order valence-corrected chi connectivity index (χ1v) is 14.1. The smallest absolute Gasteiger partial charge is 0.295 e. The molecule has 2 aromatic carbocycles. The van der Waals surface area contributed by atoms with Crippen molar-refractivity contribution in [3.05, 3.63) is 58.7 Å². The average molecular weight is 554 g/mol. The van der Waals surface area contributed by atoms with E-state index < -0.39 is 17.7 Å². The number of amides is 1. The van der Waals surface area contributed by atoms with Crippen LogP contribution in [-0.2, 0) is 14.3 Å². The van der Waals surface area contributed by atoms with Crippen molar-refractivity contribution in [2.45, 2.75) is 40.2 Å². The maximum absolute atomic E-state index is 13.4. The van der Waals surface area contributed by atoms with Crippen molar-refractivity contribution in [1.82, 2.24) is 4.90 Å². The van der Waals surface area contributed by atoms with Gasteiger partial charge in [0.05, 0.1) is 44.6 Å². The number of morpholine rings is 1. The Morgan fingerprint density at radius 2 is 1.85 bits per heavy atom. The Morgan fingerprint density at radius 1 is 1.10 bits per heavy atom. The van der Waals surface area contributed by atoms with Gasteiger partial charge in [-0.05, 0) is 61.2 Å². The highest BCUT2D eigenvalue weighted by molar-refractivity contribution is 6.46. The van der Waals surface area contributed by atoms with Crippen LogP contribution in [0.5, 0.6) is 17.2 Å². The molecule has 1 atom stereocenters. The van der Waals surface area contributed by atoms with E-state index in [0.717, 1.165) is 25.2 Å². The van der Waals surface area contributed by atoms with Gasteiger partial charge in [0.25, 0.3) is 11.7 Å². The lowest BCUT2D eigenvalue weighted by Crippen LogP contribution is -3.14. The first-order valence-electron chi connectivity index (χ1n) is 14.1. The molecule has 3 N–H and O–H groups in total. The normalized spacial score (nSPS) is 19.4. The number of benzene rings is 2. The number of hydrogen-bond acceptors (Lipinski definition) is 7. The summed E-state index contributed by atoms with van der Waals surface area (Å²) in [5, 5.41) is 21.8. The predicted molar refractivity (Wildman–Crippen MR) is 151 cm³/mol. The largest absolute Gasteiger partial charge is 0.507 e. The van der Waals surface area contributed by atoms with E-state index in [1.165, 1.54) is 15.9 Å². The minimum atomic E-state index is -0.823. The summed E-state index contributed by atoms with van der Waals surface area (Å²) in [6, 6.07) is 9.20. The summed E-state index contributed by atoms with van der Waals surface area (Å²) in [6.45, 7) is 13.2. The van der Waals surface area contributed by atoms with Crippen LogP contribution in [0.2, 0.25) is 0 Å². The molecule has 4 rings (SSSR count). The predicted octanol–water partition coefficient (Wildman–Crippen LogP) is 2.86. The topological polar surface area (TPSA) is 110 Å². The lowest BCUT2D eigenvalue weighted by Gasteiger charge is -2.28. The number of ether oxygens (including phenoxy) is 3. The summed E-state index contributed by atoms with van der Waals surface area (Å²) in [7, 11) is 0. The molecule has 0 aliphatic carbocycles. The van der Waals surface area contributed by atoms with Crippen molar-refractivity contribution in [3.63, 3.8) is 0 Å². The number of aliphatic hydroxyl groups excluding tert-OH is 1. The Kier molecular flexibility index (Phi) is 9.71. The van der Waals surface area contributed by atoms with E-state index in [1.807, 2.05) is 13.8 Å². The molecule has 2 fully saturated rings. The van der Waals surface area contributed by atoms with Crippen molar-refractivity contribution < 1.29 is 38.9 Å². The Hall–Kier alpha value is -3.56. The number of rotatable bonds is 11. The third kappa shape index (κ3) is 6.59. The molecule has 2 saturated heterocycles. The summed E-state index contributed by atoms with van der Waals surface area (Å²) in [4.78, 5) is 29.7. The molecule has 1 amide bonds. The lowest BCUT2D eigenvalue weighted by molar-refractivity contribution is -0.908. The number of nitrogens with zero attached hydrogens (tertiary/aromatic N) is 1. The molecule has 216 valence electrons. The summed E-state index contributed by atoms with van der Waals surface area (Å²) in [5.74, 6) is -0.340. The number of phenols is 1. The molecular formula is C31H41N2O7+. The maximum Gasteiger partial charge on any atom is 0.295 e. The van der Waals surface area contributed by atoms with E-state index in [0.29, 0.717) is 62.2 Å². The number of hydrogen-bond donors (Lipinski definition) is 3. The number of likely N-dealkylation sites (tertiary alicyclic amines) is 1. The molecular weight excluding hydrogens is 512 g/mol. The number of carbonyl (C=O) groups excluding carboxylic acids is 2. The molecule has 0 aromatic heterocycles. The zero-order valence-corrected chi connectivity index (χ0v) is 23.9. The molecule has 0 spiro atoms. The quantitative estimate of drug-likeness (QED) is 0.223. The van der Waals surface area contributed by atoms with Crippen molar-refractivity contribution in [2.75, 3.05) is 52.6 Å². The van der Waals surface area contributed by atoms with Gasteiger partial charge >= 0.3 is 0 Å². The number of ketones is 1. The summed E-state index contributed by atoms with van der Waals surface area (Å²) in [5.41, 5.74) is 1.84. The van der Waals surface area contributed by atoms with Crippen LogP contribution in [0.4, 0.5) is 0 Å². The van der Waals surface area contributed by atoms with Gasteiger partial charge in [-0.1, -0.05) is 19.9 Å². The van der Waals surface area contributed by atoms with E-state index in [9.17, 15) is 19.8 Å². The lowest BCUT2D eigenvalue weighted by atomic mass is 9.94. The van der Waals surface area contributed by atoms with Crippen LogP contribution in [0.1, 0.15) is 49.9 Å². The maximum atomic E-state index is 13.4. The zero-order chi connectivity index (χ0) is 28.8. The fourth-order valence-corrected chi connectivity index (χ4v) is 5.21. The second-order valence-electron chi connectivity index (χ2n) is 10.8. The van der Waals surface area contributed by atoms with Gasteiger partial charge in [0, 0.05) is 18.5 Å². The molecule has 40 heavy (non-hydrogen) atoms. The van der Waals surface area contributed by atoms with Crippen molar-refractivity contribution in [2.24, 2.45) is 5.92 Å². The van der Waals surface area contributed by atoms with Gasteiger partial charge < -0.3 is 34.2 Å². The number of phenolic OH excluding ortho intramolecular Hbond substituents is 1. The Bertz CT molecular complexity index is 1250. The van der Waals surface area contributed by atoms with Crippen molar-refractivity contribution in [1.29, 1.82) is 0 Å². The highest BCUT2D eigenvalue weighted by Crippen LogP contribution is 2.42. The van der Waals surface area contributed by atoms with Gasteiger partial charge in [-0.25, -0.2) is 0 Å². The van der Waals surface area contributed by atoms with Crippen molar-refractivity contribution in [3.8, 4) is 17.2 Å². The highest BCUT2D eigenvalue weighted by atomic mass is 16.5. The Morgan fingerprint density at radius 3 is 2.52 bits per heavy atom. The zero-order valence-electron chi connectivity index (χ0n) is 23.9. The van der Waals surface area contributed by atoms with Crippen LogP contribution >= 0.6 is 0 Å². The van der Waals surface area contributed by atoms with Gasteiger partial charge in [0.2, 0.25) is 0 Å². The van der Waals surface area contributed by atoms with Gasteiger partial charge in [0.15, 0.2) is 11.5 Å². The van der Waals surface area contributed by atoms with Crippen LogP contribution in [0, 0.1) is 12.8 Å². The van der Waals surface area contributed by atoms with Crippen LogP contribution in [0.15, 0.2) is 42.0 Å². The number of aryl methyl sites for hydroxylation is 1. The van der Waals surface area contributed by atoms with E-state index in [2.05, 4.69) is 13.8 Å². The monoisotopic (exact) mass is 553 g/mol. The number of nitrogens with one attached hydrogen (secondary N) is 1. The molecule has 0 saturated carbocycles. The molecule has 0 unspecified atom stereocenters. The Labute approximate surface area is 235 Å². The van der Waals surface area contributed by atoms with E-state index in [4.69, 9.17) is 14.2 Å². The van der Waals surface area contributed by atoms with Gasteiger partial charge in [0.1, 0.15) is 24.6 Å². The summed E-state index contributed by atoms with van der Waals surface area (Å²) >= 11 is 0. The SMILES string of the molecule is CCOc1cc([C@H]2C(=C(O)c3ccc(OCC(C)C)c(C)c3)C(=O)C(=O)N2CCC[NH+]2CCOCC2)ccc1O. The molecule has 2 heterocycles. The summed E-state index contributed by atoms with van der Waals surface area (Å²) in [6.07, 6.45) is 0.691. The fraction of sp³-hybridized carbons (Fsp3) is 0.484. The third-order valence-electron chi connectivity index (χ3n) is 7.29. The molecule has 2 aliphatic rings. The van der Waals surface area contributed by atoms with Crippen LogP contribution in [0.25, 0.3) is 5.76 Å². The molecule has 9 nitrogen and oxygen atoms in total. The molecule has 0 bridgehead atoms. The molecule has 2 aliphatic heterocycles. The van der Waals surface area contributed by atoms with E-state index >= 15 is 0 Å². The first kappa shape index (κ1) is 29.4. The number of Topliss-reactive ketones (excluding diaryl/α,β-unsaturated/α-hetero) is 1. The van der Waals surface area contributed by atoms with Crippen LogP contribution in [-0.4, -0.2) is 79.4 Å². The minimum absolute atomic E-state index is 0.0205. The summed E-state index contributed by atoms with van der Waals surface area (Å²) < 4.78 is 16.9. The average Bonchev–Trinajstić information content (AvgIpc) is 3.19. The van der Waals surface area contributed by atoms with E-state index in [1.54, 1.807) is 30.3 Å². The second-order valence-corrected chi connectivity index (χ2v) is 10.8. The van der Waals surface area contributed by atoms with E-state index in [-0.39, 0.29) is 22.8 Å². The Balaban J connectivity index is 1.70. The van der Waals surface area contributed by atoms with Crippen LogP contribution in [0.3, 0.4) is 0 Å².